The summed E-state index contributed by atoms with van der Waals surface area (Å²) < 4.78 is 0. The molecule has 0 atom stereocenters. The number of carbonyl (C=O) groups excluding carboxylic acids is 1. The van der Waals surface area contributed by atoms with Gasteiger partial charge in [0.2, 0.25) is 6.29 Å². The molecule has 0 heterocycles. The number of hydrogen-bond acceptors (Lipinski definition) is 1. The number of unbranched alkanes of at least 4 members (excludes halogenated alkanes) is 4. The molecule has 0 spiro atoms. The van der Waals surface area contributed by atoms with E-state index in [-0.39, 0.29) is 0 Å². The van der Waals surface area contributed by atoms with Crippen LogP contribution in [0.1, 0.15) is 45.4 Å². The lowest BCUT2D eigenvalue weighted by molar-refractivity contribution is 0.564. The predicted molar refractivity (Wildman–Crippen MR) is 57.3 cm³/mol. The van der Waals surface area contributed by atoms with Gasteiger partial charge < -0.3 is 0 Å². The normalized spacial score (nSPS) is 11.5. The molecule has 0 aromatic carbocycles. The van der Waals surface area contributed by atoms with Crippen LogP contribution in [0.5, 0.6) is 0 Å². The fourth-order valence-corrected chi connectivity index (χ4v) is 1.04. The summed E-state index contributed by atoms with van der Waals surface area (Å²) in [6.07, 6.45) is 16.5. The van der Waals surface area contributed by atoms with Crippen LogP contribution < -0.4 is 0 Å². The Labute approximate surface area is 81.5 Å². The molecule has 0 aromatic heterocycles. The second kappa shape index (κ2) is 11.2. The largest absolute Gasteiger partial charge is 0.286 e. The molecule has 0 N–H and O–H groups in total. The minimum Gasteiger partial charge on any atom is -0.286 e. The molecule has 1 radical (unpaired) electrons. The smallest absolute Gasteiger partial charge is 0.225 e. The molecule has 0 rings (SSSR count). The van der Waals surface area contributed by atoms with E-state index in [9.17, 15) is 4.79 Å². The highest BCUT2D eigenvalue weighted by Gasteiger charge is 1.81. The highest BCUT2D eigenvalue weighted by molar-refractivity contribution is 5.65. The van der Waals surface area contributed by atoms with Crippen molar-refractivity contribution in [2.75, 3.05) is 0 Å². The zero-order valence-electron chi connectivity index (χ0n) is 8.46. The zero-order chi connectivity index (χ0) is 9.78. The van der Waals surface area contributed by atoms with Crippen LogP contribution in [0.4, 0.5) is 0 Å². The molecular weight excluding hydrogens is 160 g/mol. The molecule has 13 heavy (non-hydrogen) atoms. The van der Waals surface area contributed by atoms with Gasteiger partial charge in [0, 0.05) is 0 Å². The van der Waals surface area contributed by atoms with Crippen molar-refractivity contribution in [3.05, 3.63) is 24.3 Å². The summed E-state index contributed by atoms with van der Waals surface area (Å²) in [5.41, 5.74) is 0. The SMILES string of the molecule is CCCCC=CCCCC=C[C]=O. The molecular formula is C12H19O. The number of allylic oxidation sites excluding steroid dienone is 4. The van der Waals surface area contributed by atoms with Gasteiger partial charge in [0.25, 0.3) is 0 Å². The van der Waals surface area contributed by atoms with Crippen LogP contribution in [-0.2, 0) is 4.79 Å². The highest BCUT2D eigenvalue weighted by atomic mass is 16.1. The van der Waals surface area contributed by atoms with E-state index in [1.54, 1.807) is 6.29 Å². The third-order valence-electron chi connectivity index (χ3n) is 1.82. The van der Waals surface area contributed by atoms with Crippen LogP contribution in [0.15, 0.2) is 24.3 Å². The van der Waals surface area contributed by atoms with Gasteiger partial charge in [0.1, 0.15) is 0 Å². The van der Waals surface area contributed by atoms with E-state index in [2.05, 4.69) is 19.1 Å². The van der Waals surface area contributed by atoms with Crippen LogP contribution in [0.2, 0.25) is 0 Å². The van der Waals surface area contributed by atoms with Crippen molar-refractivity contribution in [3.8, 4) is 0 Å². The van der Waals surface area contributed by atoms with Gasteiger partial charge in [0.15, 0.2) is 0 Å². The van der Waals surface area contributed by atoms with E-state index >= 15 is 0 Å². The zero-order valence-corrected chi connectivity index (χ0v) is 8.46. The fourth-order valence-electron chi connectivity index (χ4n) is 1.04. The molecule has 1 nitrogen and oxygen atoms in total. The van der Waals surface area contributed by atoms with Gasteiger partial charge in [-0.25, -0.2) is 0 Å². The molecule has 0 saturated heterocycles. The van der Waals surface area contributed by atoms with Crippen LogP contribution in [-0.4, -0.2) is 6.29 Å². The molecule has 1 heteroatoms. The van der Waals surface area contributed by atoms with Crippen molar-refractivity contribution >= 4 is 6.29 Å². The highest BCUT2D eigenvalue weighted by Crippen LogP contribution is 2.00. The van der Waals surface area contributed by atoms with Crippen molar-refractivity contribution < 1.29 is 4.79 Å². The Morgan fingerprint density at radius 1 is 1.00 bits per heavy atom. The lowest BCUT2D eigenvalue weighted by Crippen LogP contribution is -1.71. The molecule has 0 aliphatic carbocycles. The maximum Gasteiger partial charge on any atom is 0.225 e. The number of hydrogen-bond donors (Lipinski definition) is 0. The van der Waals surface area contributed by atoms with Gasteiger partial charge in [-0.3, -0.25) is 4.79 Å². The summed E-state index contributed by atoms with van der Waals surface area (Å²) in [5.74, 6) is 0. The van der Waals surface area contributed by atoms with E-state index in [1.165, 1.54) is 25.3 Å². The van der Waals surface area contributed by atoms with Crippen molar-refractivity contribution in [1.29, 1.82) is 0 Å². The van der Waals surface area contributed by atoms with E-state index in [0.29, 0.717) is 0 Å². The summed E-state index contributed by atoms with van der Waals surface area (Å²) in [6, 6.07) is 0. The molecule has 0 amide bonds. The molecule has 0 aliphatic rings. The Balaban J connectivity index is 3.10. The standard InChI is InChI=1S/C12H19O/c1-2-3-4-5-6-7-8-9-10-11-12-13/h5-6,10-11H,2-4,7-9H2,1H3. The lowest BCUT2D eigenvalue weighted by Gasteiger charge is -1.90. The van der Waals surface area contributed by atoms with E-state index in [4.69, 9.17) is 0 Å². The van der Waals surface area contributed by atoms with Crippen LogP contribution >= 0.6 is 0 Å². The van der Waals surface area contributed by atoms with Gasteiger partial charge in [-0.1, -0.05) is 38.0 Å². The number of rotatable bonds is 8. The van der Waals surface area contributed by atoms with Gasteiger partial charge in [-0.05, 0) is 31.8 Å². The van der Waals surface area contributed by atoms with E-state index in [1.807, 2.05) is 6.08 Å². The summed E-state index contributed by atoms with van der Waals surface area (Å²) in [4.78, 5) is 9.79. The summed E-state index contributed by atoms with van der Waals surface area (Å²) in [5, 5.41) is 0. The molecule has 0 aromatic rings. The maximum absolute atomic E-state index is 9.79. The topological polar surface area (TPSA) is 17.1 Å². The fraction of sp³-hybridized carbons (Fsp3) is 0.583. The molecule has 0 fully saturated rings. The van der Waals surface area contributed by atoms with Gasteiger partial charge in [-0.2, -0.15) is 0 Å². The van der Waals surface area contributed by atoms with Crippen molar-refractivity contribution in [3.63, 3.8) is 0 Å². The predicted octanol–water partition coefficient (Wildman–Crippen LogP) is 3.57. The molecule has 73 valence electrons. The van der Waals surface area contributed by atoms with Gasteiger partial charge in [0.05, 0.1) is 0 Å². The molecule has 0 saturated carbocycles. The maximum atomic E-state index is 9.79. The first-order valence-corrected chi connectivity index (χ1v) is 5.09. The average Bonchev–Trinajstić information content (AvgIpc) is 2.16. The monoisotopic (exact) mass is 179 g/mol. The quantitative estimate of drug-likeness (QED) is 0.316. The van der Waals surface area contributed by atoms with Gasteiger partial charge >= 0.3 is 0 Å². The molecule has 0 bridgehead atoms. The van der Waals surface area contributed by atoms with Crippen molar-refractivity contribution in [2.45, 2.75) is 45.4 Å². The Morgan fingerprint density at radius 2 is 1.62 bits per heavy atom. The molecule has 0 unspecified atom stereocenters. The third kappa shape index (κ3) is 11.1. The van der Waals surface area contributed by atoms with Crippen LogP contribution in [0.25, 0.3) is 0 Å². The summed E-state index contributed by atoms with van der Waals surface area (Å²) in [6.45, 7) is 2.20. The van der Waals surface area contributed by atoms with Crippen LogP contribution in [0.3, 0.4) is 0 Å². The minimum absolute atomic E-state index is 0.980. The first kappa shape index (κ1) is 12.2. The third-order valence-corrected chi connectivity index (χ3v) is 1.82. The first-order valence-electron chi connectivity index (χ1n) is 5.09. The first-order chi connectivity index (χ1) is 6.41. The Morgan fingerprint density at radius 3 is 2.23 bits per heavy atom. The second-order valence-electron chi connectivity index (χ2n) is 3.06. The summed E-state index contributed by atoms with van der Waals surface area (Å²) in [7, 11) is 0. The van der Waals surface area contributed by atoms with Crippen molar-refractivity contribution in [1.82, 2.24) is 0 Å². The Bertz CT molecular complexity index is 157. The van der Waals surface area contributed by atoms with Crippen molar-refractivity contribution in [2.24, 2.45) is 0 Å². The Hall–Kier alpha value is -0.850. The average molecular weight is 179 g/mol. The van der Waals surface area contributed by atoms with E-state index in [0.717, 1.165) is 19.3 Å². The van der Waals surface area contributed by atoms with E-state index < -0.39 is 0 Å². The Kier molecular flexibility index (Phi) is 10.4. The molecule has 0 aliphatic heterocycles. The van der Waals surface area contributed by atoms with Gasteiger partial charge in [-0.15, -0.1) is 0 Å². The lowest BCUT2D eigenvalue weighted by atomic mass is 10.2. The minimum atomic E-state index is 0.980. The van der Waals surface area contributed by atoms with Crippen LogP contribution in [0, 0.1) is 0 Å². The summed E-state index contributed by atoms with van der Waals surface area (Å²) >= 11 is 0. The second-order valence-corrected chi connectivity index (χ2v) is 3.06.